The summed E-state index contributed by atoms with van der Waals surface area (Å²) in [7, 11) is -4.49. The van der Waals surface area contributed by atoms with Crippen molar-refractivity contribution in [1.29, 1.82) is 0 Å². The molecule has 1 aromatic carbocycles. The van der Waals surface area contributed by atoms with Gasteiger partial charge in [-0.15, -0.1) is 11.3 Å². The maximum atomic E-state index is 14.4. The second kappa shape index (κ2) is 16.1. The van der Waals surface area contributed by atoms with E-state index in [-0.39, 0.29) is 52.5 Å². The van der Waals surface area contributed by atoms with Gasteiger partial charge in [0.2, 0.25) is 11.8 Å². The number of fused-ring (bicyclic) bond motifs is 3. The quantitative estimate of drug-likeness (QED) is 0.308. The lowest BCUT2D eigenvalue weighted by Gasteiger charge is -2.30. The van der Waals surface area contributed by atoms with Crippen LogP contribution in [0.2, 0.25) is 13.7 Å². The summed E-state index contributed by atoms with van der Waals surface area (Å²) in [4.78, 5) is 71.3. The minimum absolute atomic E-state index is 0.0781. The van der Waals surface area contributed by atoms with E-state index in [4.69, 9.17) is 44.3 Å². The Morgan fingerprint density at radius 3 is 2.53 bits per heavy atom. The number of alkyl carbamates (subject to hydrolysis) is 1. The topological polar surface area (TPSA) is 181 Å². The van der Waals surface area contributed by atoms with E-state index in [1.165, 1.54) is 9.80 Å². The highest BCUT2D eigenvalue weighted by molar-refractivity contribution is 7.90. The second-order valence-corrected chi connectivity index (χ2v) is 19.5. The zero-order valence-electron chi connectivity index (χ0n) is 30.4. The van der Waals surface area contributed by atoms with Crippen LogP contribution >= 0.6 is 46.1 Å². The van der Waals surface area contributed by atoms with Crippen LogP contribution in [0.25, 0.3) is 0 Å². The normalized spacial score (nSPS) is 26.4. The van der Waals surface area contributed by atoms with Gasteiger partial charge in [0.1, 0.15) is 38.6 Å². The average Bonchev–Trinajstić information content (AvgIpc) is 3.39. The third kappa shape index (κ3) is 9.36. The standard InChI is InChI=1S/C36H42Cl3N5O9S2/c1-35(2,3)53-33(48)40-25-13-8-6-4-5-7-11-21-16-36(21,32(47)42-55(50,51)27-15-28(38)54-29(27)39)41-30(45)26-14-22(18-44(26)31(25)46)52-34(49)43-17-20-10-9-12-24(37)23(20)19-43/h7,9-12,15,21-22,25-26H,4-6,8,13-14,16-19H2,1-3H3,(H,40,48)(H,41,45)(H,42,47)/b11-7-. The van der Waals surface area contributed by atoms with Crippen LogP contribution in [0, 0.1) is 5.92 Å². The van der Waals surface area contributed by atoms with Crippen LogP contribution in [-0.2, 0) is 47.0 Å². The van der Waals surface area contributed by atoms with E-state index in [1.54, 1.807) is 39.0 Å². The molecule has 0 bridgehead atoms. The van der Waals surface area contributed by atoms with Gasteiger partial charge in [0.25, 0.3) is 15.9 Å². The Bertz CT molecular complexity index is 2020. The van der Waals surface area contributed by atoms with Crippen molar-refractivity contribution in [2.24, 2.45) is 5.92 Å². The molecule has 0 spiro atoms. The highest BCUT2D eigenvalue weighted by Crippen LogP contribution is 2.46. The van der Waals surface area contributed by atoms with Gasteiger partial charge in [-0.2, -0.15) is 0 Å². The van der Waals surface area contributed by atoms with Gasteiger partial charge < -0.3 is 25.0 Å². The summed E-state index contributed by atoms with van der Waals surface area (Å²) in [5.41, 5.74) is -0.866. The van der Waals surface area contributed by atoms with Gasteiger partial charge >= 0.3 is 12.2 Å². The minimum Gasteiger partial charge on any atom is -0.444 e. The third-order valence-electron chi connectivity index (χ3n) is 9.93. The Kier molecular flexibility index (Phi) is 12.0. The van der Waals surface area contributed by atoms with E-state index < -0.39 is 75.2 Å². The van der Waals surface area contributed by atoms with Gasteiger partial charge in [-0.25, -0.2) is 22.7 Å². The summed E-state index contributed by atoms with van der Waals surface area (Å²) >= 11 is 19.3. The number of sulfonamides is 1. The van der Waals surface area contributed by atoms with Crippen molar-refractivity contribution in [3.05, 3.63) is 61.2 Å². The number of hydrogen-bond acceptors (Lipinski definition) is 10. The number of halogens is 3. The van der Waals surface area contributed by atoms with Gasteiger partial charge in [-0.05, 0) is 69.7 Å². The van der Waals surface area contributed by atoms with E-state index in [1.807, 2.05) is 12.1 Å². The van der Waals surface area contributed by atoms with Crippen LogP contribution in [0.1, 0.15) is 76.8 Å². The maximum Gasteiger partial charge on any atom is 0.410 e. The number of carbonyl (C=O) groups excluding carboxylic acids is 5. The molecule has 3 N–H and O–H groups in total. The maximum absolute atomic E-state index is 14.4. The average molecular weight is 859 g/mol. The summed E-state index contributed by atoms with van der Waals surface area (Å²) in [6, 6.07) is 4.16. The van der Waals surface area contributed by atoms with E-state index >= 15 is 0 Å². The largest absolute Gasteiger partial charge is 0.444 e. The van der Waals surface area contributed by atoms with Crippen molar-refractivity contribution >= 4 is 86.1 Å². The predicted molar refractivity (Wildman–Crippen MR) is 205 cm³/mol. The number of thiophene rings is 1. The van der Waals surface area contributed by atoms with Crippen LogP contribution in [0.15, 0.2) is 41.3 Å². The number of carbonyl (C=O) groups is 5. The molecular weight excluding hydrogens is 817 g/mol. The minimum atomic E-state index is -4.49. The summed E-state index contributed by atoms with van der Waals surface area (Å²) in [5.74, 6) is -2.93. The zero-order chi connectivity index (χ0) is 39.9. The number of hydrogen-bond donors (Lipinski definition) is 3. The molecule has 1 saturated carbocycles. The third-order valence-corrected chi connectivity index (χ3v) is 13.4. The molecule has 1 saturated heterocycles. The molecule has 55 heavy (non-hydrogen) atoms. The van der Waals surface area contributed by atoms with Crippen molar-refractivity contribution in [2.75, 3.05) is 6.54 Å². The van der Waals surface area contributed by atoms with Crippen molar-refractivity contribution in [2.45, 2.75) is 113 Å². The number of allylic oxidation sites excluding steroid dienone is 1. The fourth-order valence-electron chi connectivity index (χ4n) is 7.12. The van der Waals surface area contributed by atoms with Gasteiger partial charge in [0, 0.05) is 23.9 Å². The lowest BCUT2D eigenvalue weighted by atomic mass is 10.0. The predicted octanol–water partition coefficient (Wildman–Crippen LogP) is 5.92. The molecule has 1 aromatic heterocycles. The molecule has 2 fully saturated rings. The first-order chi connectivity index (χ1) is 25.9. The number of ether oxygens (including phenoxy) is 2. The van der Waals surface area contributed by atoms with Crippen LogP contribution in [-0.4, -0.2) is 84.0 Å². The van der Waals surface area contributed by atoms with E-state index in [2.05, 4.69) is 15.4 Å². The molecule has 5 atom stereocenters. The first-order valence-electron chi connectivity index (χ1n) is 17.9. The number of rotatable bonds is 5. The molecule has 5 amide bonds. The lowest BCUT2D eigenvalue weighted by molar-refractivity contribution is -0.141. The van der Waals surface area contributed by atoms with E-state index in [0.717, 1.165) is 35.0 Å². The highest BCUT2D eigenvalue weighted by Gasteiger charge is 2.62. The Morgan fingerprint density at radius 2 is 1.84 bits per heavy atom. The number of benzene rings is 1. The molecule has 19 heteroatoms. The zero-order valence-corrected chi connectivity index (χ0v) is 34.3. The molecule has 5 unspecified atom stereocenters. The molecule has 298 valence electrons. The van der Waals surface area contributed by atoms with Crippen LogP contribution in [0.5, 0.6) is 0 Å². The van der Waals surface area contributed by atoms with Crippen LogP contribution < -0.4 is 15.4 Å². The summed E-state index contributed by atoms with van der Waals surface area (Å²) in [6.07, 6.45) is 4.01. The molecule has 4 aliphatic rings. The monoisotopic (exact) mass is 857 g/mol. The molecule has 3 aliphatic heterocycles. The smallest absolute Gasteiger partial charge is 0.410 e. The van der Waals surface area contributed by atoms with Gasteiger partial charge in [0.15, 0.2) is 0 Å². The molecule has 0 radical (unpaired) electrons. The summed E-state index contributed by atoms with van der Waals surface area (Å²) in [5, 5.41) is 5.96. The van der Waals surface area contributed by atoms with Crippen molar-refractivity contribution in [3.63, 3.8) is 0 Å². The Balaban J connectivity index is 1.27. The van der Waals surface area contributed by atoms with Crippen molar-refractivity contribution < 1.29 is 41.9 Å². The van der Waals surface area contributed by atoms with E-state index in [0.29, 0.717) is 24.3 Å². The molecule has 2 aromatic rings. The first-order valence-corrected chi connectivity index (χ1v) is 21.3. The highest BCUT2D eigenvalue weighted by atomic mass is 35.5. The molecule has 1 aliphatic carbocycles. The molecule has 4 heterocycles. The molecule has 6 rings (SSSR count). The number of nitrogens with one attached hydrogen (secondary N) is 3. The van der Waals surface area contributed by atoms with Crippen molar-refractivity contribution in [1.82, 2.24) is 25.2 Å². The van der Waals surface area contributed by atoms with Gasteiger partial charge in [-0.3, -0.25) is 19.3 Å². The SMILES string of the molecule is CC(C)(C)OC(=O)NC1CCCCC/C=C\C2CC2(C(=O)NS(=O)(=O)c2cc(Cl)sc2Cl)NC(=O)C2CC(OC(=O)N3Cc4cccc(Cl)c4C3)CN2C1=O. The Hall–Kier alpha value is -3.57. The van der Waals surface area contributed by atoms with E-state index in [9.17, 15) is 32.4 Å². The van der Waals surface area contributed by atoms with Gasteiger partial charge in [0.05, 0.1) is 17.4 Å². The molecule has 14 nitrogen and oxygen atoms in total. The first kappa shape index (κ1) is 41.1. The number of nitrogens with zero attached hydrogens (tertiary/aromatic N) is 2. The number of amides is 5. The second-order valence-electron chi connectivity index (χ2n) is 15.1. The fourth-order valence-corrected chi connectivity index (χ4v) is 10.6. The van der Waals surface area contributed by atoms with Gasteiger partial charge in [-0.1, -0.05) is 71.9 Å². The van der Waals surface area contributed by atoms with Crippen LogP contribution in [0.4, 0.5) is 9.59 Å². The lowest BCUT2D eigenvalue weighted by Crippen LogP contribution is -2.58. The fraction of sp³-hybridized carbons (Fsp3) is 0.528. The summed E-state index contributed by atoms with van der Waals surface area (Å²) < 4.78 is 39.9. The Morgan fingerprint density at radius 1 is 1.07 bits per heavy atom. The van der Waals surface area contributed by atoms with Crippen molar-refractivity contribution in [3.8, 4) is 0 Å². The van der Waals surface area contributed by atoms with Crippen LogP contribution in [0.3, 0.4) is 0 Å². The Labute approximate surface area is 338 Å². The molecular formula is C36H42Cl3N5O9S2. The summed E-state index contributed by atoms with van der Waals surface area (Å²) in [6.45, 7) is 5.36.